The summed E-state index contributed by atoms with van der Waals surface area (Å²) < 4.78 is 0. The smallest absolute Gasteiger partial charge is 0.191 e. The highest BCUT2D eigenvalue weighted by atomic mass is 127. The number of aliphatic imine (C=N–C) groups is 1. The number of unbranched alkanes of at least 4 members (excludes halogenated alkanes) is 3. The molecule has 110 valence electrons. The van der Waals surface area contributed by atoms with Crippen LogP contribution in [0.2, 0.25) is 0 Å². The average molecular weight is 396 g/mol. The fraction of sp³-hybridized carbons (Fsp3) is 0.692. The molecule has 0 aliphatic carbocycles. The van der Waals surface area contributed by atoms with Gasteiger partial charge in [-0.3, -0.25) is 4.99 Å². The van der Waals surface area contributed by atoms with Crippen molar-refractivity contribution < 1.29 is 0 Å². The molecule has 0 aliphatic heterocycles. The number of halogens is 1. The third-order valence-electron chi connectivity index (χ3n) is 2.62. The molecule has 2 N–H and O–H groups in total. The van der Waals surface area contributed by atoms with Gasteiger partial charge in [0.1, 0.15) is 5.01 Å². The van der Waals surface area contributed by atoms with E-state index in [1.807, 2.05) is 6.20 Å². The number of aromatic nitrogens is 1. The normalized spacial score (nSPS) is 11.0. The minimum Gasteiger partial charge on any atom is -0.356 e. The van der Waals surface area contributed by atoms with E-state index in [1.54, 1.807) is 18.4 Å². The molecule has 0 spiro atoms. The summed E-state index contributed by atoms with van der Waals surface area (Å²) in [4.78, 5) is 9.76. The van der Waals surface area contributed by atoms with Crippen molar-refractivity contribution in [3.63, 3.8) is 0 Å². The van der Waals surface area contributed by atoms with Crippen LogP contribution in [0.25, 0.3) is 0 Å². The summed E-state index contributed by atoms with van der Waals surface area (Å²) in [5, 5.41) is 7.70. The van der Waals surface area contributed by atoms with Gasteiger partial charge in [-0.2, -0.15) is 0 Å². The zero-order valence-electron chi connectivity index (χ0n) is 12.0. The Bertz CT molecular complexity index is 365. The topological polar surface area (TPSA) is 49.3 Å². The van der Waals surface area contributed by atoms with E-state index in [-0.39, 0.29) is 24.0 Å². The Hall–Kier alpha value is -0.370. The van der Waals surface area contributed by atoms with Crippen molar-refractivity contribution >= 4 is 41.3 Å². The first-order valence-corrected chi connectivity index (χ1v) is 7.43. The third kappa shape index (κ3) is 8.41. The van der Waals surface area contributed by atoms with Gasteiger partial charge in [0.25, 0.3) is 0 Å². The summed E-state index contributed by atoms with van der Waals surface area (Å²) in [5.41, 5.74) is 0. The van der Waals surface area contributed by atoms with Crippen LogP contribution in [0.15, 0.2) is 11.2 Å². The third-order valence-corrected chi connectivity index (χ3v) is 3.54. The minimum atomic E-state index is 0. The molecule has 4 nitrogen and oxygen atoms in total. The van der Waals surface area contributed by atoms with Crippen molar-refractivity contribution in [1.82, 2.24) is 15.6 Å². The monoisotopic (exact) mass is 396 g/mol. The molecule has 0 saturated heterocycles. The van der Waals surface area contributed by atoms with Gasteiger partial charge in [0.2, 0.25) is 0 Å². The van der Waals surface area contributed by atoms with Crippen molar-refractivity contribution in [2.24, 2.45) is 4.99 Å². The molecule has 19 heavy (non-hydrogen) atoms. The second-order valence-electron chi connectivity index (χ2n) is 4.28. The van der Waals surface area contributed by atoms with Crippen LogP contribution >= 0.6 is 35.3 Å². The summed E-state index contributed by atoms with van der Waals surface area (Å²) >= 11 is 1.72. The molecule has 0 amide bonds. The molecule has 0 aliphatic rings. The second-order valence-corrected chi connectivity index (χ2v) is 5.60. The van der Waals surface area contributed by atoms with Gasteiger partial charge in [-0.15, -0.1) is 35.3 Å². The number of thiazole rings is 1. The molecule has 0 atom stereocenters. The molecule has 0 bridgehead atoms. The molecule has 1 heterocycles. The summed E-state index contributed by atoms with van der Waals surface area (Å²) in [6.07, 6.45) is 6.97. The molecule has 0 aromatic carbocycles. The lowest BCUT2D eigenvalue weighted by Crippen LogP contribution is -2.37. The Morgan fingerprint density at radius 1 is 1.32 bits per heavy atom. The van der Waals surface area contributed by atoms with Gasteiger partial charge in [-0.1, -0.05) is 26.2 Å². The van der Waals surface area contributed by atoms with Crippen LogP contribution in [0.1, 0.15) is 42.5 Å². The first kappa shape index (κ1) is 18.6. The van der Waals surface area contributed by atoms with E-state index in [0.29, 0.717) is 0 Å². The predicted molar refractivity (Wildman–Crippen MR) is 94.6 cm³/mol. The van der Waals surface area contributed by atoms with E-state index in [0.717, 1.165) is 24.1 Å². The van der Waals surface area contributed by atoms with Gasteiger partial charge < -0.3 is 10.6 Å². The Balaban J connectivity index is 0.00000324. The maximum Gasteiger partial charge on any atom is 0.191 e. The first-order chi connectivity index (χ1) is 8.76. The van der Waals surface area contributed by atoms with E-state index in [4.69, 9.17) is 0 Å². The van der Waals surface area contributed by atoms with Crippen molar-refractivity contribution in [3.05, 3.63) is 16.1 Å². The van der Waals surface area contributed by atoms with Crippen molar-refractivity contribution in [3.8, 4) is 0 Å². The van der Waals surface area contributed by atoms with Crippen LogP contribution in [-0.2, 0) is 6.54 Å². The highest BCUT2D eigenvalue weighted by molar-refractivity contribution is 14.0. The SMILES string of the molecule is CCCCCCNC(=NC)NCc1ncc(C)s1.I. The van der Waals surface area contributed by atoms with E-state index >= 15 is 0 Å². The van der Waals surface area contributed by atoms with Gasteiger partial charge in [0, 0.05) is 24.7 Å². The van der Waals surface area contributed by atoms with Crippen LogP contribution in [0, 0.1) is 6.92 Å². The number of hydrogen-bond donors (Lipinski definition) is 2. The summed E-state index contributed by atoms with van der Waals surface area (Å²) in [5.74, 6) is 0.861. The van der Waals surface area contributed by atoms with Gasteiger partial charge >= 0.3 is 0 Å². The number of nitrogens with one attached hydrogen (secondary N) is 2. The molecule has 1 aromatic heterocycles. The molecule has 1 rings (SSSR count). The van der Waals surface area contributed by atoms with Gasteiger partial charge in [0.05, 0.1) is 6.54 Å². The molecular weight excluding hydrogens is 371 g/mol. The largest absolute Gasteiger partial charge is 0.356 e. The van der Waals surface area contributed by atoms with E-state index in [2.05, 4.69) is 34.5 Å². The second kappa shape index (κ2) is 11.5. The quantitative estimate of drug-likeness (QED) is 0.322. The fourth-order valence-corrected chi connectivity index (χ4v) is 2.35. The standard InChI is InChI=1S/C13H24N4S.HI/c1-4-5-6-7-8-15-13(14-3)17-10-12-16-9-11(2)18-12;/h9H,4-8,10H2,1-3H3,(H2,14,15,17);1H. The molecule has 0 unspecified atom stereocenters. The van der Waals surface area contributed by atoms with Crippen LogP contribution in [0.3, 0.4) is 0 Å². The summed E-state index contributed by atoms with van der Waals surface area (Å²) in [7, 11) is 1.80. The number of nitrogens with zero attached hydrogens (tertiary/aromatic N) is 2. The number of guanidine groups is 1. The summed E-state index contributed by atoms with van der Waals surface area (Å²) in [6, 6.07) is 0. The van der Waals surface area contributed by atoms with E-state index in [9.17, 15) is 0 Å². The maximum absolute atomic E-state index is 4.32. The Morgan fingerprint density at radius 2 is 2.11 bits per heavy atom. The van der Waals surface area contributed by atoms with Crippen molar-refractivity contribution in [2.45, 2.75) is 46.1 Å². The number of aryl methyl sites for hydroxylation is 1. The highest BCUT2D eigenvalue weighted by Crippen LogP contribution is 2.10. The fourth-order valence-electron chi connectivity index (χ4n) is 1.62. The van der Waals surface area contributed by atoms with Crippen molar-refractivity contribution in [2.75, 3.05) is 13.6 Å². The minimum absolute atomic E-state index is 0. The predicted octanol–water partition coefficient (Wildman–Crippen LogP) is 3.31. The molecule has 1 aromatic rings. The average Bonchev–Trinajstić information content (AvgIpc) is 2.78. The van der Waals surface area contributed by atoms with E-state index < -0.39 is 0 Å². The molecular formula is C13H25IN4S. The first-order valence-electron chi connectivity index (χ1n) is 6.62. The van der Waals surface area contributed by atoms with E-state index in [1.165, 1.54) is 30.6 Å². The summed E-state index contributed by atoms with van der Waals surface area (Å²) in [6.45, 7) is 6.02. The lowest BCUT2D eigenvalue weighted by atomic mass is 10.2. The van der Waals surface area contributed by atoms with Gasteiger partial charge in [-0.05, 0) is 13.3 Å². The van der Waals surface area contributed by atoms with Crippen LogP contribution in [0.5, 0.6) is 0 Å². The van der Waals surface area contributed by atoms with Crippen LogP contribution in [-0.4, -0.2) is 24.5 Å². The number of hydrogen-bond acceptors (Lipinski definition) is 3. The Morgan fingerprint density at radius 3 is 2.68 bits per heavy atom. The molecule has 0 fully saturated rings. The van der Waals surface area contributed by atoms with Gasteiger partial charge in [-0.25, -0.2) is 4.98 Å². The highest BCUT2D eigenvalue weighted by Gasteiger charge is 2.00. The van der Waals surface area contributed by atoms with Crippen LogP contribution < -0.4 is 10.6 Å². The maximum atomic E-state index is 4.32. The van der Waals surface area contributed by atoms with Crippen LogP contribution in [0.4, 0.5) is 0 Å². The lowest BCUT2D eigenvalue weighted by molar-refractivity contribution is 0.647. The lowest BCUT2D eigenvalue weighted by Gasteiger charge is -2.10. The molecule has 0 saturated carbocycles. The van der Waals surface area contributed by atoms with Gasteiger partial charge in [0.15, 0.2) is 5.96 Å². The van der Waals surface area contributed by atoms with Crippen molar-refractivity contribution in [1.29, 1.82) is 0 Å². The Kier molecular flexibility index (Phi) is 11.2. The Labute approximate surface area is 137 Å². The zero-order valence-corrected chi connectivity index (χ0v) is 15.2. The molecule has 6 heteroatoms. The number of rotatable bonds is 7. The molecule has 0 radical (unpaired) electrons. The zero-order chi connectivity index (χ0) is 13.2.